The van der Waals surface area contributed by atoms with Crippen LogP contribution >= 0.6 is 0 Å². The first kappa shape index (κ1) is 19.1. The van der Waals surface area contributed by atoms with Crippen LogP contribution in [0.4, 0.5) is 0 Å². The second kappa shape index (κ2) is 7.76. The van der Waals surface area contributed by atoms with Gasteiger partial charge in [0, 0.05) is 25.0 Å². The van der Waals surface area contributed by atoms with Crippen LogP contribution in [0.5, 0.6) is 11.5 Å². The minimum absolute atomic E-state index is 0.0431. The zero-order chi connectivity index (χ0) is 18.6. The van der Waals surface area contributed by atoms with Crippen molar-refractivity contribution in [1.82, 2.24) is 10.2 Å². The number of phenolic OH excluding ortho intramolecular Hbond substituents is 1. The molecule has 2 N–H and O–H groups in total. The number of nitrogens with one attached hydrogen (secondary N) is 1. The van der Waals surface area contributed by atoms with Gasteiger partial charge in [-0.3, -0.25) is 9.59 Å². The highest BCUT2D eigenvalue weighted by atomic mass is 16.5. The summed E-state index contributed by atoms with van der Waals surface area (Å²) in [5.41, 5.74) is 0.419. The number of hydrogen-bond donors (Lipinski definition) is 2. The summed E-state index contributed by atoms with van der Waals surface area (Å²) < 4.78 is 5.07. The van der Waals surface area contributed by atoms with E-state index in [1.54, 1.807) is 23.1 Å². The molecule has 138 valence electrons. The third-order valence-electron chi connectivity index (χ3n) is 4.43. The van der Waals surface area contributed by atoms with Crippen LogP contribution in [0.1, 0.15) is 39.2 Å². The third kappa shape index (κ3) is 4.87. The lowest BCUT2D eigenvalue weighted by Gasteiger charge is -2.35. The number of phenols is 1. The molecule has 0 radical (unpaired) electrons. The van der Waals surface area contributed by atoms with E-state index < -0.39 is 5.41 Å². The fraction of sp³-hybridized carbons (Fsp3) is 0.579. The van der Waals surface area contributed by atoms with Gasteiger partial charge in [0.15, 0.2) is 11.5 Å². The van der Waals surface area contributed by atoms with Gasteiger partial charge in [-0.15, -0.1) is 0 Å². The highest BCUT2D eigenvalue weighted by Crippen LogP contribution is 2.26. The maximum Gasteiger partial charge on any atom is 0.227 e. The molecule has 1 aliphatic heterocycles. The van der Waals surface area contributed by atoms with Crippen LogP contribution in [-0.4, -0.2) is 42.0 Å². The van der Waals surface area contributed by atoms with E-state index in [2.05, 4.69) is 5.32 Å². The van der Waals surface area contributed by atoms with Crippen molar-refractivity contribution in [3.63, 3.8) is 0 Å². The zero-order valence-corrected chi connectivity index (χ0v) is 15.5. The highest BCUT2D eigenvalue weighted by Gasteiger charge is 2.33. The van der Waals surface area contributed by atoms with Gasteiger partial charge >= 0.3 is 0 Å². The Bertz CT molecular complexity index is 637. The van der Waals surface area contributed by atoms with E-state index in [0.717, 1.165) is 24.9 Å². The summed E-state index contributed by atoms with van der Waals surface area (Å²) in [6.45, 7) is 7.25. The second-order valence-electron chi connectivity index (χ2n) is 7.56. The van der Waals surface area contributed by atoms with Crippen LogP contribution in [0.2, 0.25) is 0 Å². The molecule has 6 nitrogen and oxygen atoms in total. The predicted molar refractivity (Wildman–Crippen MR) is 95.3 cm³/mol. The van der Waals surface area contributed by atoms with E-state index in [1.165, 1.54) is 7.11 Å². The molecule has 1 fully saturated rings. The molecule has 2 amide bonds. The minimum atomic E-state index is -0.430. The van der Waals surface area contributed by atoms with Crippen molar-refractivity contribution in [2.24, 2.45) is 11.3 Å². The summed E-state index contributed by atoms with van der Waals surface area (Å²) in [6.07, 6.45) is 1.63. The lowest BCUT2D eigenvalue weighted by Crippen LogP contribution is -2.48. The number of carbonyl (C=O) groups is 2. The average molecular weight is 348 g/mol. The van der Waals surface area contributed by atoms with Gasteiger partial charge in [0.2, 0.25) is 11.8 Å². The Morgan fingerprint density at radius 1 is 1.36 bits per heavy atom. The van der Waals surface area contributed by atoms with E-state index in [-0.39, 0.29) is 23.5 Å². The van der Waals surface area contributed by atoms with Gasteiger partial charge in [0.05, 0.1) is 13.0 Å². The van der Waals surface area contributed by atoms with Gasteiger partial charge in [-0.1, -0.05) is 26.8 Å². The first-order chi connectivity index (χ1) is 11.7. The average Bonchev–Trinajstić information content (AvgIpc) is 2.59. The molecular formula is C19H28N2O4. The van der Waals surface area contributed by atoms with Crippen molar-refractivity contribution >= 4 is 11.8 Å². The molecule has 1 atom stereocenters. The number of nitrogens with zero attached hydrogens (tertiary/aromatic N) is 1. The lowest BCUT2D eigenvalue weighted by molar-refractivity contribution is -0.142. The molecule has 25 heavy (non-hydrogen) atoms. The maximum atomic E-state index is 12.5. The molecule has 0 spiro atoms. The van der Waals surface area contributed by atoms with E-state index >= 15 is 0 Å². The van der Waals surface area contributed by atoms with Gasteiger partial charge < -0.3 is 20.1 Å². The molecule has 6 heteroatoms. The number of amides is 2. The van der Waals surface area contributed by atoms with Crippen molar-refractivity contribution in [3.8, 4) is 11.5 Å². The molecule has 0 aliphatic carbocycles. The van der Waals surface area contributed by atoms with Crippen molar-refractivity contribution in [3.05, 3.63) is 23.8 Å². The Morgan fingerprint density at radius 3 is 2.72 bits per heavy atom. The molecule has 2 rings (SSSR count). The Hall–Kier alpha value is -2.24. The third-order valence-corrected chi connectivity index (χ3v) is 4.43. The zero-order valence-electron chi connectivity index (χ0n) is 15.5. The van der Waals surface area contributed by atoms with E-state index in [4.69, 9.17) is 4.74 Å². The van der Waals surface area contributed by atoms with Crippen molar-refractivity contribution in [1.29, 1.82) is 0 Å². The molecule has 0 aromatic heterocycles. The molecular weight excluding hydrogens is 320 g/mol. The van der Waals surface area contributed by atoms with Crippen molar-refractivity contribution < 1.29 is 19.4 Å². The monoisotopic (exact) mass is 348 g/mol. The Kier molecular flexibility index (Phi) is 5.93. The van der Waals surface area contributed by atoms with Crippen LogP contribution in [0.25, 0.3) is 0 Å². The van der Waals surface area contributed by atoms with Crippen LogP contribution in [0.15, 0.2) is 18.2 Å². The van der Waals surface area contributed by atoms with Crippen LogP contribution < -0.4 is 10.1 Å². The number of benzene rings is 1. The maximum absolute atomic E-state index is 12.5. The van der Waals surface area contributed by atoms with Crippen LogP contribution in [-0.2, 0) is 16.1 Å². The fourth-order valence-corrected chi connectivity index (χ4v) is 3.02. The van der Waals surface area contributed by atoms with Crippen LogP contribution in [0, 0.1) is 11.3 Å². The second-order valence-corrected chi connectivity index (χ2v) is 7.56. The molecule has 1 unspecified atom stereocenters. The topological polar surface area (TPSA) is 78.9 Å². The molecule has 1 aliphatic rings. The Morgan fingerprint density at radius 2 is 2.08 bits per heavy atom. The summed E-state index contributed by atoms with van der Waals surface area (Å²) >= 11 is 0. The molecule has 1 saturated heterocycles. The first-order valence-corrected chi connectivity index (χ1v) is 8.65. The largest absolute Gasteiger partial charge is 0.504 e. The molecule has 1 aromatic rings. The molecule has 1 heterocycles. The number of ether oxygens (including phenoxy) is 1. The molecule has 0 saturated carbocycles. The standard InChI is InChI=1S/C19H28N2O4/c1-19(2,3)18(24)21-9-5-6-14(12-21)17(23)20-11-13-7-8-15(22)16(10-13)25-4/h7-8,10,14,22H,5-6,9,11-12H2,1-4H3,(H,20,23). The van der Waals surface area contributed by atoms with Gasteiger partial charge in [-0.25, -0.2) is 0 Å². The Balaban J connectivity index is 1.93. The molecule has 1 aromatic carbocycles. The normalized spacial score (nSPS) is 17.9. The smallest absolute Gasteiger partial charge is 0.227 e. The Labute approximate surface area is 149 Å². The summed E-state index contributed by atoms with van der Waals surface area (Å²) in [5.74, 6) is 0.318. The predicted octanol–water partition coefficient (Wildman–Crippen LogP) is 2.30. The fourth-order valence-electron chi connectivity index (χ4n) is 3.02. The number of carbonyl (C=O) groups excluding carboxylic acids is 2. The van der Waals surface area contributed by atoms with Gasteiger partial charge in [0.1, 0.15) is 0 Å². The number of likely N-dealkylation sites (tertiary alicyclic amines) is 1. The van der Waals surface area contributed by atoms with Gasteiger partial charge in [-0.2, -0.15) is 0 Å². The van der Waals surface area contributed by atoms with Gasteiger partial charge in [-0.05, 0) is 30.5 Å². The summed E-state index contributed by atoms with van der Waals surface area (Å²) in [5, 5.41) is 12.5. The van der Waals surface area contributed by atoms with Crippen LogP contribution in [0.3, 0.4) is 0 Å². The van der Waals surface area contributed by atoms with E-state index in [1.807, 2.05) is 20.8 Å². The number of piperidine rings is 1. The summed E-state index contributed by atoms with van der Waals surface area (Å²) in [4.78, 5) is 26.7. The number of methoxy groups -OCH3 is 1. The van der Waals surface area contributed by atoms with E-state index in [9.17, 15) is 14.7 Å². The number of aromatic hydroxyl groups is 1. The molecule has 0 bridgehead atoms. The first-order valence-electron chi connectivity index (χ1n) is 8.65. The lowest BCUT2D eigenvalue weighted by atomic mass is 9.91. The van der Waals surface area contributed by atoms with Crippen molar-refractivity contribution in [2.75, 3.05) is 20.2 Å². The van der Waals surface area contributed by atoms with Crippen molar-refractivity contribution in [2.45, 2.75) is 40.2 Å². The number of hydrogen-bond acceptors (Lipinski definition) is 4. The summed E-state index contributed by atoms with van der Waals surface area (Å²) in [6, 6.07) is 4.99. The summed E-state index contributed by atoms with van der Waals surface area (Å²) in [7, 11) is 1.49. The number of rotatable bonds is 4. The van der Waals surface area contributed by atoms with Gasteiger partial charge in [0.25, 0.3) is 0 Å². The quantitative estimate of drug-likeness (QED) is 0.875. The van der Waals surface area contributed by atoms with E-state index in [0.29, 0.717) is 18.8 Å². The highest BCUT2D eigenvalue weighted by molar-refractivity contribution is 5.83. The SMILES string of the molecule is COc1cc(CNC(=O)C2CCCN(C(=O)C(C)(C)C)C2)ccc1O. The minimum Gasteiger partial charge on any atom is -0.504 e.